The van der Waals surface area contributed by atoms with Gasteiger partial charge in [0.25, 0.3) is 0 Å². The van der Waals surface area contributed by atoms with Crippen LogP contribution in [0.5, 0.6) is 0 Å². The van der Waals surface area contributed by atoms with Crippen molar-refractivity contribution in [2.24, 2.45) is 0 Å². The van der Waals surface area contributed by atoms with Gasteiger partial charge in [-0.1, -0.05) is 24.3 Å². The lowest BCUT2D eigenvalue weighted by atomic mass is 10.0. The Morgan fingerprint density at radius 3 is 2.69 bits per heavy atom. The van der Waals surface area contributed by atoms with Gasteiger partial charge in [-0.25, -0.2) is 0 Å². The number of benzene rings is 1. The van der Waals surface area contributed by atoms with Crippen molar-refractivity contribution in [3.63, 3.8) is 0 Å². The van der Waals surface area contributed by atoms with Gasteiger partial charge in [-0.2, -0.15) is 5.26 Å². The van der Waals surface area contributed by atoms with E-state index in [0.717, 1.165) is 5.56 Å². The number of nitriles is 1. The molecule has 0 heterocycles. The Kier molecular flexibility index (Phi) is 3.44. The van der Waals surface area contributed by atoms with Gasteiger partial charge in [0, 0.05) is 0 Å². The highest BCUT2D eigenvalue weighted by Gasteiger charge is 2.09. The number of aliphatic hydroxyl groups excluding tert-OH is 2. The first kappa shape index (κ1) is 9.72. The van der Waals surface area contributed by atoms with Gasteiger partial charge in [0.1, 0.15) is 6.10 Å². The lowest BCUT2D eigenvalue weighted by molar-refractivity contribution is 0.0950. The number of nitrogens with zero attached hydrogens (tertiary/aromatic N) is 1. The molecule has 0 saturated heterocycles. The van der Waals surface area contributed by atoms with E-state index in [1.807, 2.05) is 6.07 Å². The van der Waals surface area contributed by atoms with Gasteiger partial charge >= 0.3 is 0 Å². The van der Waals surface area contributed by atoms with Crippen LogP contribution in [0.15, 0.2) is 24.3 Å². The van der Waals surface area contributed by atoms with Crippen LogP contribution in [0.25, 0.3) is 0 Å². The monoisotopic (exact) mass is 177 g/mol. The maximum absolute atomic E-state index is 9.38. The first-order valence-corrected chi connectivity index (χ1v) is 4.03. The first-order valence-electron chi connectivity index (χ1n) is 4.03. The molecule has 3 nitrogen and oxygen atoms in total. The topological polar surface area (TPSA) is 64.2 Å². The summed E-state index contributed by atoms with van der Waals surface area (Å²) in [5.41, 5.74) is 1.40. The van der Waals surface area contributed by atoms with Crippen LogP contribution >= 0.6 is 0 Å². The van der Waals surface area contributed by atoms with Gasteiger partial charge in [0.05, 0.1) is 19.1 Å². The van der Waals surface area contributed by atoms with E-state index in [0.29, 0.717) is 5.56 Å². The summed E-state index contributed by atoms with van der Waals surface area (Å²) >= 11 is 0. The molecule has 3 heteroatoms. The molecule has 0 aliphatic heterocycles. The zero-order valence-electron chi connectivity index (χ0n) is 7.14. The van der Waals surface area contributed by atoms with Crippen LogP contribution in [-0.2, 0) is 6.42 Å². The molecule has 1 unspecified atom stereocenters. The Bertz CT molecular complexity index is 317. The highest BCUT2D eigenvalue weighted by molar-refractivity contribution is 5.31. The average molecular weight is 177 g/mol. The van der Waals surface area contributed by atoms with Gasteiger partial charge < -0.3 is 10.2 Å². The van der Waals surface area contributed by atoms with E-state index >= 15 is 0 Å². The third kappa shape index (κ3) is 2.28. The largest absolute Gasteiger partial charge is 0.393 e. The van der Waals surface area contributed by atoms with E-state index in [2.05, 4.69) is 0 Å². The zero-order valence-corrected chi connectivity index (χ0v) is 7.14. The lowest BCUT2D eigenvalue weighted by Crippen LogP contribution is -2.05. The molecule has 0 spiro atoms. The fourth-order valence-electron chi connectivity index (χ4n) is 1.20. The third-order valence-corrected chi connectivity index (χ3v) is 1.86. The Morgan fingerprint density at radius 2 is 2.08 bits per heavy atom. The van der Waals surface area contributed by atoms with Crippen LogP contribution in [0, 0.1) is 11.3 Å². The van der Waals surface area contributed by atoms with Crippen molar-refractivity contribution in [2.45, 2.75) is 12.5 Å². The molecule has 1 atom stereocenters. The van der Waals surface area contributed by atoms with E-state index in [-0.39, 0.29) is 13.0 Å². The highest BCUT2D eigenvalue weighted by atomic mass is 16.3. The summed E-state index contributed by atoms with van der Waals surface area (Å²) in [6.45, 7) is -0.317. The highest BCUT2D eigenvalue weighted by Crippen LogP contribution is 2.17. The van der Waals surface area contributed by atoms with Gasteiger partial charge in [0.2, 0.25) is 0 Å². The summed E-state index contributed by atoms with van der Waals surface area (Å²) in [5, 5.41) is 26.6. The molecule has 1 aromatic rings. The molecule has 68 valence electrons. The summed E-state index contributed by atoms with van der Waals surface area (Å²) < 4.78 is 0. The number of hydrogen-bond acceptors (Lipinski definition) is 3. The molecule has 0 aliphatic carbocycles. The Labute approximate surface area is 76.9 Å². The van der Waals surface area contributed by atoms with Crippen molar-refractivity contribution in [1.82, 2.24) is 0 Å². The van der Waals surface area contributed by atoms with Crippen LogP contribution in [0.2, 0.25) is 0 Å². The molecule has 1 aromatic carbocycles. The Balaban J connectivity index is 2.98. The molecule has 0 saturated carbocycles. The maximum atomic E-state index is 9.38. The second-order valence-electron chi connectivity index (χ2n) is 2.73. The molecule has 13 heavy (non-hydrogen) atoms. The Morgan fingerprint density at radius 1 is 1.38 bits per heavy atom. The summed E-state index contributed by atoms with van der Waals surface area (Å²) in [5.74, 6) is 0. The minimum absolute atomic E-state index is 0.257. The van der Waals surface area contributed by atoms with E-state index in [4.69, 9.17) is 10.4 Å². The SMILES string of the molecule is N#CCc1ccccc1C(O)CO. The van der Waals surface area contributed by atoms with Crippen molar-refractivity contribution in [3.8, 4) is 6.07 Å². The molecule has 0 amide bonds. The molecule has 0 bridgehead atoms. The fraction of sp³-hybridized carbons (Fsp3) is 0.300. The van der Waals surface area contributed by atoms with E-state index in [9.17, 15) is 5.11 Å². The Hall–Kier alpha value is -1.37. The number of rotatable bonds is 3. The van der Waals surface area contributed by atoms with Crippen LogP contribution in [0.4, 0.5) is 0 Å². The minimum atomic E-state index is -0.885. The minimum Gasteiger partial charge on any atom is -0.393 e. The van der Waals surface area contributed by atoms with Gasteiger partial charge in [0.15, 0.2) is 0 Å². The van der Waals surface area contributed by atoms with Crippen LogP contribution < -0.4 is 0 Å². The van der Waals surface area contributed by atoms with Crippen LogP contribution in [0.3, 0.4) is 0 Å². The molecule has 1 rings (SSSR count). The zero-order chi connectivity index (χ0) is 9.68. The average Bonchev–Trinajstić information content (AvgIpc) is 2.18. The van der Waals surface area contributed by atoms with E-state index in [1.165, 1.54) is 0 Å². The van der Waals surface area contributed by atoms with E-state index < -0.39 is 6.10 Å². The van der Waals surface area contributed by atoms with Gasteiger partial charge in [-0.05, 0) is 11.1 Å². The molecular weight excluding hydrogens is 166 g/mol. The van der Waals surface area contributed by atoms with Crippen LogP contribution in [-0.4, -0.2) is 16.8 Å². The van der Waals surface area contributed by atoms with Crippen molar-refractivity contribution in [2.75, 3.05) is 6.61 Å². The van der Waals surface area contributed by atoms with Crippen molar-refractivity contribution < 1.29 is 10.2 Å². The van der Waals surface area contributed by atoms with Crippen molar-refractivity contribution >= 4 is 0 Å². The summed E-state index contributed by atoms with van der Waals surface area (Å²) in [6.07, 6.45) is -0.628. The summed E-state index contributed by atoms with van der Waals surface area (Å²) in [7, 11) is 0. The maximum Gasteiger partial charge on any atom is 0.102 e. The van der Waals surface area contributed by atoms with Gasteiger partial charge in [-0.15, -0.1) is 0 Å². The van der Waals surface area contributed by atoms with E-state index in [1.54, 1.807) is 24.3 Å². The predicted octanol–water partition coefficient (Wildman–Crippen LogP) is 0.778. The normalized spacial score (nSPS) is 12.1. The van der Waals surface area contributed by atoms with Crippen molar-refractivity contribution in [3.05, 3.63) is 35.4 Å². The second-order valence-corrected chi connectivity index (χ2v) is 2.73. The standard InChI is InChI=1S/C10H11NO2/c11-6-5-8-3-1-2-4-9(8)10(13)7-12/h1-4,10,12-13H,5,7H2. The summed E-state index contributed by atoms with van der Waals surface area (Å²) in [6, 6.07) is 9.08. The number of aliphatic hydroxyl groups is 2. The number of hydrogen-bond donors (Lipinski definition) is 2. The lowest BCUT2D eigenvalue weighted by Gasteiger charge is -2.10. The molecule has 0 radical (unpaired) electrons. The molecule has 2 N–H and O–H groups in total. The second kappa shape index (κ2) is 4.61. The smallest absolute Gasteiger partial charge is 0.102 e. The van der Waals surface area contributed by atoms with Gasteiger partial charge in [-0.3, -0.25) is 0 Å². The summed E-state index contributed by atoms with van der Waals surface area (Å²) in [4.78, 5) is 0. The third-order valence-electron chi connectivity index (χ3n) is 1.86. The molecule has 0 fully saturated rings. The predicted molar refractivity (Wildman–Crippen MR) is 47.8 cm³/mol. The van der Waals surface area contributed by atoms with Crippen molar-refractivity contribution in [1.29, 1.82) is 5.26 Å². The molecular formula is C10H11NO2. The van der Waals surface area contributed by atoms with Crippen LogP contribution in [0.1, 0.15) is 17.2 Å². The quantitative estimate of drug-likeness (QED) is 0.717. The first-order chi connectivity index (χ1) is 6.29. The molecule has 0 aromatic heterocycles. The fourth-order valence-corrected chi connectivity index (χ4v) is 1.20. The molecule has 0 aliphatic rings.